The second-order valence-electron chi connectivity index (χ2n) is 2.47. The van der Waals surface area contributed by atoms with Crippen LogP contribution in [0.15, 0.2) is 29.3 Å². The average molecular weight is 177 g/mol. The lowest BCUT2D eigenvalue weighted by molar-refractivity contribution is -0.213. The van der Waals surface area contributed by atoms with Crippen LogP contribution < -0.4 is 10.8 Å². The van der Waals surface area contributed by atoms with E-state index in [1.54, 1.807) is 0 Å². The molecule has 0 heterocycles. The molecule has 2 N–H and O–H groups in total. The Morgan fingerprint density at radius 2 is 1.77 bits per heavy atom. The summed E-state index contributed by atoms with van der Waals surface area (Å²) in [6.07, 6.45) is 0. The van der Waals surface area contributed by atoms with Crippen molar-refractivity contribution in [1.82, 2.24) is 0 Å². The Labute approximate surface area is 75.7 Å². The Balaban J connectivity index is 3.00. The van der Waals surface area contributed by atoms with Crippen LogP contribution in [0.4, 0.5) is 0 Å². The fourth-order valence-electron chi connectivity index (χ4n) is 0.906. The predicted octanol–water partition coefficient (Wildman–Crippen LogP) is -0.478. The maximum Gasteiger partial charge on any atom is 0.248 e. The van der Waals surface area contributed by atoms with Crippen molar-refractivity contribution in [2.24, 2.45) is 10.7 Å². The third-order valence-electron chi connectivity index (χ3n) is 1.62. The molecule has 0 aliphatic rings. The Hall–Kier alpha value is -1.84. The van der Waals surface area contributed by atoms with E-state index in [1.807, 2.05) is 0 Å². The summed E-state index contributed by atoms with van der Waals surface area (Å²) in [6, 6.07) is 6.05. The quantitative estimate of drug-likeness (QED) is 0.489. The molecule has 0 saturated heterocycles. The zero-order valence-corrected chi connectivity index (χ0v) is 7.15. The van der Waals surface area contributed by atoms with Crippen LogP contribution in [-0.2, 0) is 0 Å². The molecule has 0 aliphatic carbocycles. The zero-order chi connectivity index (χ0) is 9.84. The number of primary amides is 1. The first-order valence-corrected chi connectivity index (χ1v) is 3.69. The molecule has 4 nitrogen and oxygen atoms in total. The van der Waals surface area contributed by atoms with E-state index in [2.05, 4.69) is 4.99 Å². The lowest BCUT2D eigenvalue weighted by Gasteiger charge is -2.08. The van der Waals surface area contributed by atoms with Crippen LogP contribution >= 0.6 is 0 Å². The topological polar surface area (TPSA) is 78.5 Å². The predicted molar refractivity (Wildman–Crippen MR) is 47.4 cm³/mol. The number of benzene rings is 1. The van der Waals surface area contributed by atoms with Gasteiger partial charge in [-0.05, 0) is 23.6 Å². The molecule has 0 fully saturated rings. The summed E-state index contributed by atoms with van der Waals surface area (Å²) < 4.78 is 0. The second-order valence-corrected chi connectivity index (χ2v) is 2.47. The van der Waals surface area contributed by atoms with Gasteiger partial charge in [-0.25, -0.2) is 0 Å². The van der Waals surface area contributed by atoms with Crippen LogP contribution in [0.5, 0.6) is 0 Å². The van der Waals surface area contributed by atoms with Crippen LogP contribution in [0.2, 0.25) is 0 Å². The van der Waals surface area contributed by atoms with Gasteiger partial charge >= 0.3 is 0 Å². The van der Waals surface area contributed by atoms with E-state index in [9.17, 15) is 9.90 Å². The highest BCUT2D eigenvalue weighted by atomic mass is 16.3. The summed E-state index contributed by atoms with van der Waals surface area (Å²) >= 11 is 0. The van der Waals surface area contributed by atoms with Gasteiger partial charge in [-0.15, -0.1) is 0 Å². The molecule has 0 spiro atoms. The molecule has 0 saturated carbocycles. The van der Waals surface area contributed by atoms with Gasteiger partial charge in [0.1, 0.15) is 0 Å². The molecule has 1 amide bonds. The minimum atomic E-state index is -0.507. The van der Waals surface area contributed by atoms with E-state index in [-0.39, 0.29) is 5.90 Å². The molecular weight excluding hydrogens is 168 g/mol. The molecule has 13 heavy (non-hydrogen) atoms. The molecule has 0 atom stereocenters. The van der Waals surface area contributed by atoms with Gasteiger partial charge in [-0.1, -0.05) is 12.1 Å². The van der Waals surface area contributed by atoms with Crippen molar-refractivity contribution in [2.75, 3.05) is 7.05 Å². The highest BCUT2D eigenvalue weighted by Gasteiger charge is 1.98. The molecule has 1 rings (SSSR count). The molecule has 0 unspecified atom stereocenters. The monoisotopic (exact) mass is 177 g/mol. The third-order valence-corrected chi connectivity index (χ3v) is 1.62. The number of nitrogens with two attached hydrogens (primary N) is 1. The van der Waals surface area contributed by atoms with E-state index in [0.717, 1.165) is 0 Å². The summed E-state index contributed by atoms with van der Waals surface area (Å²) in [5.74, 6) is -0.816. The Bertz CT molecular complexity index is 341. The number of amides is 1. The summed E-state index contributed by atoms with van der Waals surface area (Å²) in [7, 11) is 1.42. The second kappa shape index (κ2) is 3.71. The standard InChI is InChI=1S/C9H10N2O2/c1-11-9(13)7-4-2-6(3-5-7)8(10)12/h2-5H,1H3,(H2,10,12)(H,11,13)/p-1. The molecular formula is C9H9N2O2-. The van der Waals surface area contributed by atoms with Crippen molar-refractivity contribution in [3.63, 3.8) is 0 Å². The molecule has 0 bridgehead atoms. The normalized spacial score (nSPS) is 11.3. The lowest BCUT2D eigenvalue weighted by Crippen LogP contribution is -2.19. The summed E-state index contributed by atoms with van der Waals surface area (Å²) in [5, 5.41) is 11.0. The first kappa shape index (κ1) is 9.25. The minimum Gasteiger partial charge on any atom is -0.859 e. The lowest BCUT2D eigenvalue weighted by atomic mass is 10.1. The molecule has 0 aliphatic heterocycles. The van der Waals surface area contributed by atoms with Gasteiger partial charge < -0.3 is 15.8 Å². The Kier molecular flexibility index (Phi) is 2.64. The number of nitrogens with zero attached hydrogens (tertiary/aromatic N) is 1. The number of hydrogen-bond acceptors (Lipinski definition) is 3. The zero-order valence-electron chi connectivity index (χ0n) is 7.15. The van der Waals surface area contributed by atoms with Crippen molar-refractivity contribution < 1.29 is 9.90 Å². The molecule has 1 aromatic rings. The van der Waals surface area contributed by atoms with Crippen LogP contribution in [0.25, 0.3) is 0 Å². The van der Waals surface area contributed by atoms with E-state index in [4.69, 9.17) is 5.73 Å². The Morgan fingerprint density at radius 1 is 1.31 bits per heavy atom. The highest BCUT2D eigenvalue weighted by Crippen LogP contribution is 2.02. The molecule has 0 aromatic heterocycles. The number of carbonyl (C=O) groups is 1. The maximum atomic E-state index is 11.0. The number of rotatable bonds is 2. The van der Waals surface area contributed by atoms with E-state index >= 15 is 0 Å². The number of carbonyl (C=O) groups excluding carboxylic acids is 1. The first-order valence-electron chi connectivity index (χ1n) is 3.69. The third kappa shape index (κ3) is 2.05. The fourth-order valence-corrected chi connectivity index (χ4v) is 0.906. The van der Waals surface area contributed by atoms with Crippen molar-refractivity contribution in [2.45, 2.75) is 0 Å². The van der Waals surface area contributed by atoms with Gasteiger partial charge in [-0.2, -0.15) is 0 Å². The molecule has 1 aromatic carbocycles. The number of hydrogen-bond donors (Lipinski definition) is 1. The molecule has 0 radical (unpaired) electrons. The molecule has 68 valence electrons. The highest BCUT2D eigenvalue weighted by molar-refractivity contribution is 5.95. The van der Waals surface area contributed by atoms with Crippen LogP contribution in [0.3, 0.4) is 0 Å². The maximum absolute atomic E-state index is 11.0. The van der Waals surface area contributed by atoms with Crippen molar-refractivity contribution in [3.8, 4) is 0 Å². The van der Waals surface area contributed by atoms with Gasteiger partial charge in [0.05, 0.1) is 0 Å². The van der Waals surface area contributed by atoms with Gasteiger partial charge in [-0.3, -0.25) is 4.79 Å². The largest absolute Gasteiger partial charge is 0.859 e. The molecule has 4 heteroatoms. The fraction of sp³-hybridized carbons (Fsp3) is 0.111. The van der Waals surface area contributed by atoms with Gasteiger partial charge in [0.25, 0.3) is 0 Å². The van der Waals surface area contributed by atoms with Crippen molar-refractivity contribution in [1.29, 1.82) is 0 Å². The van der Waals surface area contributed by atoms with E-state index in [0.29, 0.717) is 11.1 Å². The smallest absolute Gasteiger partial charge is 0.248 e. The summed E-state index contributed by atoms with van der Waals surface area (Å²) in [5.41, 5.74) is 5.86. The first-order chi connectivity index (χ1) is 6.15. The Morgan fingerprint density at radius 3 is 2.15 bits per heavy atom. The SMILES string of the molecule is CN=C([O-])c1ccc(C(N)=O)cc1. The van der Waals surface area contributed by atoms with E-state index < -0.39 is 5.91 Å². The van der Waals surface area contributed by atoms with Crippen molar-refractivity contribution in [3.05, 3.63) is 35.4 Å². The average Bonchev–Trinajstić information content (AvgIpc) is 2.17. The van der Waals surface area contributed by atoms with Gasteiger partial charge in [0.15, 0.2) is 0 Å². The van der Waals surface area contributed by atoms with E-state index in [1.165, 1.54) is 31.3 Å². The van der Waals surface area contributed by atoms with Crippen LogP contribution in [0.1, 0.15) is 15.9 Å². The minimum absolute atomic E-state index is 0.309. The van der Waals surface area contributed by atoms with Gasteiger partial charge in [0.2, 0.25) is 5.91 Å². The van der Waals surface area contributed by atoms with Crippen molar-refractivity contribution >= 4 is 11.8 Å². The summed E-state index contributed by atoms with van der Waals surface area (Å²) in [6.45, 7) is 0. The van der Waals surface area contributed by atoms with Crippen LogP contribution in [-0.4, -0.2) is 18.9 Å². The van der Waals surface area contributed by atoms with Crippen LogP contribution in [0, 0.1) is 0 Å². The summed E-state index contributed by atoms with van der Waals surface area (Å²) in [4.78, 5) is 14.1. The number of aliphatic imine (C=N–C) groups is 1. The van der Waals surface area contributed by atoms with Gasteiger partial charge in [0, 0.05) is 12.6 Å².